The van der Waals surface area contributed by atoms with Crippen LogP contribution in [-0.2, 0) is 14.2 Å². The normalized spacial score (nSPS) is 9.00. The number of carbonyl (C=O) groups excluding carboxylic acids is 1. The van der Waals surface area contributed by atoms with Crippen LogP contribution in [0.1, 0.15) is 21.3 Å². The van der Waals surface area contributed by atoms with Crippen molar-refractivity contribution in [2.24, 2.45) is 5.92 Å². The first-order chi connectivity index (χ1) is 5.16. The van der Waals surface area contributed by atoms with Crippen LogP contribution in [0.15, 0.2) is 0 Å². The van der Waals surface area contributed by atoms with Gasteiger partial charge in [-0.05, 0) is 5.92 Å². The van der Waals surface area contributed by atoms with E-state index in [4.69, 9.17) is 0 Å². The standard InChI is InChI=1S/C7H14O4.CH4/c1-6(2)4-10-7(8)11-5-9-3;/h6H,4-5H2,1-3H3;1H4. The molecule has 0 unspecified atom stereocenters. The largest absolute Gasteiger partial charge is 0.510 e. The van der Waals surface area contributed by atoms with Gasteiger partial charge in [0, 0.05) is 7.11 Å². The van der Waals surface area contributed by atoms with E-state index in [2.05, 4.69) is 14.2 Å². The fourth-order valence-corrected chi connectivity index (χ4v) is 0.383. The zero-order valence-corrected chi connectivity index (χ0v) is 7.12. The lowest BCUT2D eigenvalue weighted by Crippen LogP contribution is -2.12. The van der Waals surface area contributed by atoms with Gasteiger partial charge in [-0.2, -0.15) is 0 Å². The van der Waals surface area contributed by atoms with E-state index >= 15 is 0 Å². The first-order valence-electron chi connectivity index (χ1n) is 3.45. The van der Waals surface area contributed by atoms with E-state index in [1.807, 2.05) is 13.8 Å². The van der Waals surface area contributed by atoms with Crippen molar-refractivity contribution in [1.82, 2.24) is 0 Å². The summed E-state index contributed by atoms with van der Waals surface area (Å²) in [5.74, 6) is 0.324. The molecule has 0 aromatic heterocycles. The predicted octanol–water partition coefficient (Wildman–Crippen LogP) is 2.04. The average molecular weight is 178 g/mol. The Hall–Kier alpha value is -0.770. The van der Waals surface area contributed by atoms with Crippen molar-refractivity contribution >= 4 is 6.16 Å². The first kappa shape index (κ1) is 13.8. The summed E-state index contributed by atoms with van der Waals surface area (Å²) >= 11 is 0. The van der Waals surface area contributed by atoms with Crippen LogP contribution in [0.4, 0.5) is 4.79 Å². The molecule has 0 spiro atoms. The summed E-state index contributed by atoms with van der Waals surface area (Å²) in [5, 5.41) is 0. The second-order valence-corrected chi connectivity index (χ2v) is 2.51. The molecule has 0 rings (SSSR count). The van der Waals surface area contributed by atoms with Gasteiger partial charge in [0.1, 0.15) is 0 Å². The van der Waals surface area contributed by atoms with E-state index in [0.717, 1.165) is 0 Å². The van der Waals surface area contributed by atoms with Crippen molar-refractivity contribution in [2.45, 2.75) is 21.3 Å². The fourth-order valence-electron chi connectivity index (χ4n) is 0.383. The van der Waals surface area contributed by atoms with Gasteiger partial charge in [0.25, 0.3) is 0 Å². The molecule has 4 heteroatoms. The molecule has 0 aliphatic carbocycles. The zero-order valence-electron chi connectivity index (χ0n) is 7.12. The van der Waals surface area contributed by atoms with Crippen LogP contribution in [0.3, 0.4) is 0 Å². The lowest BCUT2D eigenvalue weighted by Gasteiger charge is -2.06. The topological polar surface area (TPSA) is 44.8 Å². The summed E-state index contributed by atoms with van der Waals surface area (Å²) < 4.78 is 13.6. The Bertz CT molecular complexity index is 112. The molecule has 0 bridgehead atoms. The Balaban J connectivity index is 0. The number of methoxy groups -OCH3 is 1. The molecule has 0 aromatic carbocycles. The molecule has 0 N–H and O–H groups in total. The predicted molar refractivity (Wildman–Crippen MR) is 45.9 cm³/mol. The Morgan fingerprint density at radius 3 is 2.33 bits per heavy atom. The van der Waals surface area contributed by atoms with E-state index in [9.17, 15) is 4.79 Å². The lowest BCUT2D eigenvalue weighted by atomic mass is 10.2. The molecular weight excluding hydrogens is 160 g/mol. The van der Waals surface area contributed by atoms with Crippen molar-refractivity contribution < 1.29 is 19.0 Å². The number of hydrogen-bond donors (Lipinski definition) is 0. The van der Waals surface area contributed by atoms with E-state index in [0.29, 0.717) is 12.5 Å². The molecule has 0 aliphatic rings. The molecule has 0 aliphatic heterocycles. The van der Waals surface area contributed by atoms with Gasteiger partial charge >= 0.3 is 6.16 Å². The zero-order chi connectivity index (χ0) is 8.69. The molecule has 0 aromatic rings. The summed E-state index contributed by atoms with van der Waals surface area (Å²) in [7, 11) is 1.44. The van der Waals surface area contributed by atoms with Crippen molar-refractivity contribution in [3.8, 4) is 0 Å². The summed E-state index contributed by atoms with van der Waals surface area (Å²) in [5.41, 5.74) is 0. The van der Waals surface area contributed by atoms with E-state index in [1.165, 1.54) is 7.11 Å². The SMILES string of the molecule is C.COCOC(=O)OCC(C)C. The van der Waals surface area contributed by atoms with Gasteiger partial charge in [-0.25, -0.2) is 4.79 Å². The average Bonchev–Trinajstić information content (AvgIpc) is 1.97. The van der Waals surface area contributed by atoms with Crippen molar-refractivity contribution in [2.75, 3.05) is 20.5 Å². The molecular formula is C8H18O4. The second-order valence-electron chi connectivity index (χ2n) is 2.51. The maximum absolute atomic E-state index is 10.6. The van der Waals surface area contributed by atoms with Gasteiger partial charge in [0.15, 0.2) is 6.79 Å². The third kappa shape index (κ3) is 9.23. The van der Waals surface area contributed by atoms with Crippen molar-refractivity contribution in [1.29, 1.82) is 0 Å². The highest BCUT2D eigenvalue weighted by atomic mass is 16.8. The van der Waals surface area contributed by atoms with Gasteiger partial charge in [-0.15, -0.1) is 0 Å². The molecule has 0 saturated carbocycles. The Morgan fingerprint density at radius 1 is 1.33 bits per heavy atom. The summed E-state index contributed by atoms with van der Waals surface area (Å²) in [6.07, 6.45) is -0.680. The number of ether oxygens (including phenoxy) is 3. The van der Waals surface area contributed by atoms with Crippen LogP contribution in [0.2, 0.25) is 0 Å². The number of carbonyl (C=O) groups is 1. The van der Waals surface area contributed by atoms with Crippen molar-refractivity contribution in [3.05, 3.63) is 0 Å². The summed E-state index contributed by atoms with van der Waals surface area (Å²) in [6, 6.07) is 0. The fraction of sp³-hybridized carbons (Fsp3) is 0.875. The minimum Gasteiger partial charge on any atom is -0.434 e. The monoisotopic (exact) mass is 178 g/mol. The lowest BCUT2D eigenvalue weighted by molar-refractivity contribution is -0.0289. The molecule has 0 saturated heterocycles. The maximum atomic E-state index is 10.6. The quantitative estimate of drug-likeness (QED) is 0.488. The third-order valence-electron chi connectivity index (χ3n) is 0.829. The molecule has 0 fully saturated rings. The minimum absolute atomic E-state index is 0. The van der Waals surface area contributed by atoms with Crippen LogP contribution in [-0.4, -0.2) is 26.7 Å². The Labute approximate surface area is 73.8 Å². The van der Waals surface area contributed by atoms with Gasteiger partial charge in [0.2, 0.25) is 0 Å². The van der Waals surface area contributed by atoms with Crippen LogP contribution >= 0.6 is 0 Å². The minimum atomic E-state index is -0.680. The van der Waals surface area contributed by atoms with Gasteiger partial charge in [-0.3, -0.25) is 0 Å². The Kier molecular flexibility index (Phi) is 9.57. The van der Waals surface area contributed by atoms with E-state index in [1.54, 1.807) is 0 Å². The molecule has 74 valence electrons. The van der Waals surface area contributed by atoms with Gasteiger partial charge < -0.3 is 14.2 Å². The van der Waals surface area contributed by atoms with E-state index < -0.39 is 6.16 Å². The molecule has 0 atom stereocenters. The first-order valence-corrected chi connectivity index (χ1v) is 3.45. The van der Waals surface area contributed by atoms with Gasteiger partial charge in [0.05, 0.1) is 6.61 Å². The highest BCUT2D eigenvalue weighted by molar-refractivity contribution is 5.59. The van der Waals surface area contributed by atoms with Crippen LogP contribution < -0.4 is 0 Å². The van der Waals surface area contributed by atoms with Crippen molar-refractivity contribution in [3.63, 3.8) is 0 Å². The smallest absolute Gasteiger partial charge is 0.434 e. The van der Waals surface area contributed by atoms with Gasteiger partial charge in [-0.1, -0.05) is 21.3 Å². The summed E-state index contributed by atoms with van der Waals surface area (Å²) in [4.78, 5) is 10.6. The van der Waals surface area contributed by atoms with Crippen LogP contribution in [0, 0.1) is 5.92 Å². The van der Waals surface area contributed by atoms with Crippen LogP contribution in [0.25, 0.3) is 0 Å². The van der Waals surface area contributed by atoms with E-state index in [-0.39, 0.29) is 14.2 Å². The summed E-state index contributed by atoms with van der Waals surface area (Å²) in [6.45, 7) is 4.21. The molecule has 12 heavy (non-hydrogen) atoms. The van der Waals surface area contributed by atoms with Crippen LogP contribution in [0.5, 0.6) is 0 Å². The number of rotatable bonds is 4. The second kappa shape index (κ2) is 8.33. The number of hydrogen-bond acceptors (Lipinski definition) is 4. The Morgan fingerprint density at radius 2 is 1.92 bits per heavy atom. The highest BCUT2D eigenvalue weighted by Gasteiger charge is 2.03. The molecule has 0 heterocycles. The highest BCUT2D eigenvalue weighted by Crippen LogP contribution is 1.94. The maximum Gasteiger partial charge on any atom is 0.510 e. The third-order valence-corrected chi connectivity index (χ3v) is 0.829. The molecule has 0 radical (unpaired) electrons. The molecule has 4 nitrogen and oxygen atoms in total. The molecule has 0 amide bonds.